The van der Waals surface area contributed by atoms with E-state index in [0.29, 0.717) is 5.75 Å². The number of hydrogen-bond donors (Lipinski definition) is 1. The van der Waals surface area contributed by atoms with E-state index in [0.717, 1.165) is 25.1 Å². The number of aryl methyl sites for hydroxylation is 1. The molecule has 1 N–H and O–H groups in total. The van der Waals surface area contributed by atoms with Gasteiger partial charge in [-0.25, -0.2) is 0 Å². The minimum atomic E-state index is -0.160. The number of benzene rings is 1. The first-order chi connectivity index (χ1) is 10.2. The molecule has 0 saturated heterocycles. The summed E-state index contributed by atoms with van der Waals surface area (Å²) < 4.78 is 4.68. The second kappa shape index (κ2) is 10.7. The molecule has 3 nitrogen and oxygen atoms in total. The molecule has 0 aliphatic carbocycles. The van der Waals surface area contributed by atoms with Crippen LogP contribution >= 0.6 is 11.8 Å². The van der Waals surface area contributed by atoms with Crippen LogP contribution in [0.5, 0.6) is 0 Å². The standard InChI is InChI=1S/C17H27NO2S/c1-4-6-14-7-9-15(10-8-14)16(18-11-5-2)12-21-13-17(19)20-3/h7-10,16,18H,4-6,11-13H2,1-3H3. The molecule has 0 fully saturated rings. The first kappa shape index (κ1) is 18.1. The van der Waals surface area contributed by atoms with Gasteiger partial charge in [-0.2, -0.15) is 0 Å². The summed E-state index contributed by atoms with van der Waals surface area (Å²) in [5, 5.41) is 3.56. The van der Waals surface area contributed by atoms with Crippen molar-refractivity contribution in [3.05, 3.63) is 35.4 Å². The Kier molecular flexibility index (Phi) is 9.19. The lowest BCUT2D eigenvalue weighted by Gasteiger charge is -2.19. The Balaban J connectivity index is 2.60. The largest absolute Gasteiger partial charge is 0.468 e. The van der Waals surface area contributed by atoms with Gasteiger partial charge in [0.2, 0.25) is 0 Å². The molecule has 1 aromatic carbocycles. The Morgan fingerprint density at radius 1 is 1.24 bits per heavy atom. The molecule has 0 aliphatic rings. The zero-order chi connectivity index (χ0) is 15.5. The molecular weight excluding hydrogens is 282 g/mol. The van der Waals surface area contributed by atoms with Crippen molar-refractivity contribution in [2.45, 2.75) is 39.2 Å². The van der Waals surface area contributed by atoms with Crippen LogP contribution in [0.15, 0.2) is 24.3 Å². The van der Waals surface area contributed by atoms with Gasteiger partial charge >= 0.3 is 5.97 Å². The number of thioether (sulfide) groups is 1. The van der Waals surface area contributed by atoms with Crippen molar-refractivity contribution in [3.8, 4) is 0 Å². The lowest BCUT2D eigenvalue weighted by molar-refractivity contribution is -0.137. The zero-order valence-corrected chi connectivity index (χ0v) is 14.2. The lowest BCUT2D eigenvalue weighted by Crippen LogP contribution is -2.24. The summed E-state index contributed by atoms with van der Waals surface area (Å²) in [4.78, 5) is 11.2. The summed E-state index contributed by atoms with van der Waals surface area (Å²) >= 11 is 1.62. The van der Waals surface area contributed by atoms with Crippen molar-refractivity contribution in [2.75, 3.05) is 25.2 Å². The first-order valence-corrected chi connectivity index (χ1v) is 8.83. The number of carbonyl (C=O) groups excluding carboxylic acids is 1. The van der Waals surface area contributed by atoms with Gasteiger partial charge < -0.3 is 10.1 Å². The van der Waals surface area contributed by atoms with Gasteiger partial charge in [-0.05, 0) is 30.5 Å². The molecule has 1 unspecified atom stereocenters. The molecule has 118 valence electrons. The molecule has 0 radical (unpaired) electrons. The molecule has 0 amide bonds. The molecule has 21 heavy (non-hydrogen) atoms. The smallest absolute Gasteiger partial charge is 0.315 e. The Morgan fingerprint density at radius 3 is 2.52 bits per heavy atom. The molecule has 0 aromatic heterocycles. The van der Waals surface area contributed by atoms with E-state index in [1.165, 1.54) is 24.7 Å². The van der Waals surface area contributed by atoms with E-state index in [1.807, 2.05) is 0 Å². The number of hydrogen-bond acceptors (Lipinski definition) is 4. The molecule has 0 spiro atoms. The van der Waals surface area contributed by atoms with Crippen LogP contribution in [-0.4, -0.2) is 31.1 Å². The normalized spacial score (nSPS) is 12.1. The molecule has 1 atom stereocenters. The van der Waals surface area contributed by atoms with E-state index in [-0.39, 0.29) is 12.0 Å². The van der Waals surface area contributed by atoms with Crippen molar-refractivity contribution in [1.29, 1.82) is 0 Å². The summed E-state index contributed by atoms with van der Waals surface area (Å²) in [6, 6.07) is 9.12. The summed E-state index contributed by atoms with van der Waals surface area (Å²) in [7, 11) is 1.43. The van der Waals surface area contributed by atoms with Crippen molar-refractivity contribution in [1.82, 2.24) is 5.32 Å². The van der Waals surface area contributed by atoms with Crippen LogP contribution in [0.4, 0.5) is 0 Å². The average molecular weight is 309 g/mol. The van der Waals surface area contributed by atoms with Gasteiger partial charge in [0.25, 0.3) is 0 Å². The van der Waals surface area contributed by atoms with Crippen LogP contribution in [0.2, 0.25) is 0 Å². The second-order valence-electron chi connectivity index (χ2n) is 5.09. The highest BCUT2D eigenvalue weighted by atomic mass is 32.2. The molecule has 4 heteroatoms. The monoisotopic (exact) mass is 309 g/mol. The fraction of sp³-hybridized carbons (Fsp3) is 0.588. The molecule has 0 saturated carbocycles. The highest BCUT2D eigenvalue weighted by molar-refractivity contribution is 7.99. The summed E-state index contributed by atoms with van der Waals surface area (Å²) in [5.41, 5.74) is 2.68. The third-order valence-electron chi connectivity index (χ3n) is 3.29. The quantitative estimate of drug-likeness (QED) is 0.670. The van der Waals surface area contributed by atoms with E-state index in [2.05, 4.69) is 48.2 Å². The van der Waals surface area contributed by atoms with E-state index >= 15 is 0 Å². The van der Waals surface area contributed by atoms with Crippen LogP contribution in [0.25, 0.3) is 0 Å². The van der Waals surface area contributed by atoms with Crippen LogP contribution in [-0.2, 0) is 16.0 Å². The Hall–Kier alpha value is -1.00. The first-order valence-electron chi connectivity index (χ1n) is 7.68. The minimum absolute atomic E-state index is 0.160. The van der Waals surface area contributed by atoms with Crippen molar-refractivity contribution < 1.29 is 9.53 Å². The van der Waals surface area contributed by atoms with E-state index in [4.69, 9.17) is 0 Å². The van der Waals surface area contributed by atoms with Crippen LogP contribution in [0, 0.1) is 0 Å². The van der Waals surface area contributed by atoms with Gasteiger partial charge in [0, 0.05) is 11.8 Å². The number of esters is 1. The Bertz CT molecular complexity index is 406. The Morgan fingerprint density at radius 2 is 1.95 bits per heavy atom. The molecule has 0 bridgehead atoms. The summed E-state index contributed by atoms with van der Waals surface area (Å²) in [5.74, 6) is 1.13. The second-order valence-corrected chi connectivity index (χ2v) is 6.12. The van der Waals surface area contributed by atoms with E-state index in [1.54, 1.807) is 11.8 Å². The van der Waals surface area contributed by atoms with Crippen molar-refractivity contribution >= 4 is 17.7 Å². The van der Waals surface area contributed by atoms with E-state index in [9.17, 15) is 4.79 Å². The Labute approximate surface area is 132 Å². The molecular formula is C17H27NO2S. The number of nitrogens with one attached hydrogen (secondary N) is 1. The van der Waals surface area contributed by atoms with Gasteiger partial charge in [0.05, 0.1) is 12.9 Å². The number of carbonyl (C=O) groups is 1. The topological polar surface area (TPSA) is 38.3 Å². The maximum Gasteiger partial charge on any atom is 0.315 e. The van der Waals surface area contributed by atoms with Crippen LogP contribution in [0.3, 0.4) is 0 Å². The number of methoxy groups -OCH3 is 1. The van der Waals surface area contributed by atoms with Crippen LogP contribution < -0.4 is 5.32 Å². The average Bonchev–Trinajstić information content (AvgIpc) is 2.51. The van der Waals surface area contributed by atoms with Gasteiger partial charge in [-0.15, -0.1) is 11.8 Å². The van der Waals surface area contributed by atoms with Crippen molar-refractivity contribution in [3.63, 3.8) is 0 Å². The SMILES string of the molecule is CCCNC(CSCC(=O)OC)c1ccc(CCC)cc1. The van der Waals surface area contributed by atoms with Crippen molar-refractivity contribution in [2.24, 2.45) is 0 Å². The minimum Gasteiger partial charge on any atom is -0.468 e. The van der Waals surface area contributed by atoms with Crippen LogP contribution in [0.1, 0.15) is 43.9 Å². The summed E-state index contributed by atoms with van der Waals surface area (Å²) in [6.07, 6.45) is 3.41. The summed E-state index contributed by atoms with van der Waals surface area (Å²) in [6.45, 7) is 5.35. The zero-order valence-electron chi connectivity index (χ0n) is 13.4. The number of ether oxygens (including phenoxy) is 1. The number of rotatable bonds is 10. The lowest BCUT2D eigenvalue weighted by atomic mass is 10.0. The fourth-order valence-corrected chi connectivity index (χ4v) is 3.06. The van der Waals surface area contributed by atoms with Gasteiger partial charge in [0.15, 0.2) is 0 Å². The highest BCUT2D eigenvalue weighted by Crippen LogP contribution is 2.20. The maximum atomic E-state index is 11.2. The third kappa shape index (κ3) is 7.00. The highest BCUT2D eigenvalue weighted by Gasteiger charge is 2.12. The third-order valence-corrected chi connectivity index (χ3v) is 4.30. The van der Waals surface area contributed by atoms with Gasteiger partial charge in [-0.1, -0.05) is 44.5 Å². The predicted molar refractivity (Wildman–Crippen MR) is 90.8 cm³/mol. The van der Waals surface area contributed by atoms with Gasteiger partial charge in [-0.3, -0.25) is 4.79 Å². The van der Waals surface area contributed by atoms with E-state index < -0.39 is 0 Å². The molecule has 1 aromatic rings. The molecule has 1 rings (SSSR count). The molecule has 0 heterocycles. The predicted octanol–water partition coefficient (Wildman–Crippen LogP) is 3.59. The fourth-order valence-electron chi connectivity index (χ4n) is 2.12. The molecule has 0 aliphatic heterocycles. The maximum absolute atomic E-state index is 11.2. The van der Waals surface area contributed by atoms with Gasteiger partial charge in [0.1, 0.15) is 0 Å².